The van der Waals surface area contributed by atoms with E-state index >= 15 is 0 Å². The normalized spacial score (nSPS) is 32.0. The molecule has 2 bridgehead atoms. The van der Waals surface area contributed by atoms with Crippen molar-refractivity contribution in [3.63, 3.8) is 0 Å². The van der Waals surface area contributed by atoms with Crippen molar-refractivity contribution >= 4 is 18.3 Å². The topological polar surface area (TPSA) is 35.6 Å². The molecule has 3 rings (SSSR count). The second-order valence-electron chi connectivity index (χ2n) is 6.84. The third-order valence-electron chi connectivity index (χ3n) is 5.38. The van der Waals surface area contributed by atoms with Gasteiger partial charge in [0.25, 0.3) is 0 Å². The van der Waals surface area contributed by atoms with Crippen LogP contribution >= 0.6 is 12.4 Å². The molecule has 4 nitrogen and oxygen atoms in total. The summed E-state index contributed by atoms with van der Waals surface area (Å²) in [6, 6.07) is 1.38. The maximum absolute atomic E-state index is 12.7. The lowest BCUT2D eigenvalue weighted by Gasteiger charge is -2.33. The van der Waals surface area contributed by atoms with Gasteiger partial charge in [-0.05, 0) is 39.0 Å². The average molecular weight is 316 g/mol. The van der Waals surface area contributed by atoms with Crippen molar-refractivity contribution in [3.05, 3.63) is 0 Å². The molecule has 3 saturated heterocycles. The molecule has 3 aliphatic rings. The molecular weight excluding hydrogens is 286 g/mol. The van der Waals surface area contributed by atoms with Crippen molar-refractivity contribution < 1.29 is 4.79 Å². The predicted octanol–water partition coefficient (Wildman–Crippen LogP) is 2.03. The van der Waals surface area contributed by atoms with Crippen LogP contribution in [0.5, 0.6) is 0 Å². The number of fused-ring (bicyclic) bond motifs is 2. The van der Waals surface area contributed by atoms with Gasteiger partial charge in [0.05, 0.1) is 6.04 Å². The molecule has 0 saturated carbocycles. The minimum absolute atomic E-state index is 0. The Morgan fingerprint density at radius 1 is 1.00 bits per heavy atom. The van der Waals surface area contributed by atoms with Gasteiger partial charge >= 0.3 is 0 Å². The number of halogens is 1. The second kappa shape index (κ2) is 7.80. The highest BCUT2D eigenvalue weighted by atomic mass is 35.5. The van der Waals surface area contributed by atoms with E-state index in [1.54, 1.807) is 0 Å². The summed E-state index contributed by atoms with van der Waals surface area (Å²) in [6.45, 7) is 6.20. The summed E-state index contributed by atoms with van der Waals surface area (Å²) in [6.07, 6.45) is 8.76. The number of amides is 1. The zero-order valence-corrected chi connectivity index (χ0v) is 14.0. The Bertz CT molecular complexity index is 344. The molecule has 0 spiro atoms. The summed E-state index contributed by atoms with van der Waals surface area (Å²) in [5.74, 6) is 0.365. The highest BCUT2D eigenvalue weighted by Gasteiger charge is 2.34. The van der Waals surface area contributed by atoms with Gasteiger partial charge in [-0.2, -0.15) is 0 Å². The molecule has 21 heavy (non-hydrogen) atoms. The molecule has 0 aromatic carbocycles. The van der Waals surface area contributed by atoms with Gasteiger partial charge in [-0.25, -0.2) is 0 Å². The van der Waals surface area contributed by atoms with Gasteiger partial charge in [-0.15, -0.1) is 12.4 Å². The van der Waals surface area contributed by atoms with Crippen LogP contribution in [0.15, 0.2) is 0 Å². The number of carbonyl (C=O) groups is 1. The highest BCUT2D eigenvalue weighted by molar-refractivity contribution is 5.85. The average Bonchev–Trinajstić information content (AvgIpc) is 2.67. The standard InChI is InChI=1S/C16H29N3O.ClH/c1-13(16(20)18-9-4-2-3-5-10-18)19-11-8-14-6-7-15(12-19)17-14;/h13-15,17H,2-12H2,1H3;1H. The number of hydrogen-bond donors (Lipinski definition) is 1. The van der Waals surface area contributed by atoms with Gasteiger partial charge in [-0.3, -0.25) is 9.69 Å². The van der Waals surface area contributed by atoms with E-state index < -0.39 is 0 Å². The van der Waals surface area contributed by atoms with Gasteiger partial charge in [-0.1, -0.05) is 12.8 Å². The molecule has 0 aromatic rings. The lowest BCUT2D eigenvalue weighted by molar-refractivity contribution is -0.136. The van der Waals surface area contributed by atoms with Crippen molar-refractivity contribution in [1.82, 2.24) is 15.1 Å². The first-order valence-corrected chi connectivity index (χ1v) is 8.53. The molecule has 3 aliphatic heterocycles. The van der Waals surface area contributed by atoms with Crippen molar-refractivity contribution in [2.45, 2.75) is 70.0 Å². The lowest BCUT2D eigenvalue weighted by atomic mass is 10.1. The van der Waals surface area contributed by atoms with Crippen LogP contribution in [0.2, 0.25) is 0 Å². The van der Waals surface area contributed by atoms with Crippen molar-refractivity contribution in [3.8, 4) is 0 Å². The van der Waals surface area contributed by atoms with Crippen molar-refractivity contribution in [1.29, 1.82) is 0 Å². The Morgan fingerprint density at radius 2 is 1.67 bits per heavy atom. The first-order valence-electron chi connectivity index (χ1n) is 8.53. The van der Waals surface area contributed by atoms with Crippen LogP contribution in [-0.2, 0) is 4.79 Å². The summed E-state index contributed by atoms with van der Waals surface area (Å²) in [4.78, 5) is 17.3. The number of hydrogen-bond acceptors (Lipinski definition) is 3. The quantitative estimate of drug-likeness (QED) is 0.847. The fourth-order valence-corrected chi connectivity index (χ4v) is 4.03. The van der Waals surface area contributed by atoms with E-state index in [-0.39, 0.29) is 18.4 Å². The SMILES string of the molecule is CC(C(=O)N1CCCCCC1)N1CCC2CCC(C1)N2.Cl. The van der Waals surface area contributed by atoms with E-state index in [4.69, 9.17) is 0 Å². The number of carbonyl (C=O) groups excluding carboxylic acids is 1. The van der Waals surface area contributed by atoms with Crippen LogP contribution in [-0.4, -0.2) is 60.0 Å². The van der Waals surface area contributed by atoms with E-state index in [2.05, 4.69) is 22.0 Å². The van der Waals surface area contributed by atoms with Crippen molar-refractivity contribution in [2.24, 2.45) is 0 Å². The monoisotopic (exact) mass is 315 g/mol. The summed E-state index contributed by atoms with van der Waals surface area (Å²) >= 11 is 0. The van der Waals surface area contributed by atoms with Crippen LogP contribution < -0.4 is 5.32 Å². The molecule has 3 fully saturated rings. The molecule has 0 aromatic heterocycles. The fourth-order valence-electron chi connectivity index (χ4n) is 4.03. The molecule has 0 aliphatic carbocycles. The van der Waals surface area contributed by atoms with Crippen LogP contribution in [0.25, 0.3) is 0 Å². The molecule has 3 unspecified atom stereocenters. The molecule has 0 radical (unpaired) electrons. The lowest BCUT2D eigenvalue weighted by Crippen LogP contribution is -2.49. The van der Waals surface area contributed by atoms with E-state index in [9.17, 15) is 4.79 Å². The smallest absolute Gasteiger partial charge is 0.239 e. The Balaban J connectivity index is 0.00000161. The van der Waals surface area contributed by atoms with E-state index in [0.29, 0.717) is 18.0 Å². The fraction of sp³-hybridized carbons (Fsp3) is 0.938. The zero-order valence-electron chi connectivity index (χ0n) is 13.2. The van der Waals surface area contributed by atoms with Gasteiger partial charge < -0.3 is 10.2 Å². The first kappa shape index (κ1) is 17.0. The molecule has 1 N–H and O–H groups in total. The zero-order chi connectivity index (χ0) is 13.9. The summed E-state index contributed by atoms with van der Waals surface area (Å²) in [5.41, 5.74) is 0. The van der Waals surface area contributed by atoms with E-state index in [0.717, 1.165) is 26.2 Å². The molecule has 1 amide bonds. The maximum atomic E-state index is 12.7. The largest absolute Gasteiger partial charge is 0.341 e. The number of nitrogens with one attached hydrogen (secondary N) is 1. The van der Waals surface area contributed by atoms with E-state index in [1.165, 1.54) is 44.9 Å². The number of nitrogens with zero attached hydrogens (tertiary/aromatic N) is 2. The molecule has 122 valence electrons. The van der Waals surface area contributed by atoms with Gasteiger partial charge in [0.1, 0.15) is 0 Å². The summed E-state index contributed by atoms with van der Waals surface area (Å²) in [5, 5.41) is 3.70. The highest BCUT2D eigenvalue weighted by Crippen LogP contribution is 2.22. The van der Waals surface area contributed by atoms with Gasteiger partial charge in [0, 0.05) is 38.3 Å². The minimum Gasteiger partial charge on any atom is -0.341 e. The maximum Gasteiger partial charge on any atom is 0.239 e. The third-order valence-corrected chi connectivity index (χ3v) is 5.38. The molecule has 5 heteroatoms. The Morgan fingerprint density at radius 3 is 2.38 bits per heavy atom. The van der Waals surface area contributed by atoms with E-state index in [1.807, 2.05) is 0 Å². The van der Waals surface area contributed by atoms with Crippen LogP contribution in [0, 0.1) is 0 Å². The number of likely N-dealkylation sites (tertiary alicyclic amines) is 2. The molecular formula is C16H30ClN3O. The van der Waals surface area contributed by atoms with Crippen LogP contribution in [0.3, 0.4) is 0 Å². The Kier molecular flexibility index (Phi) is 6.33. The van der Waals surface area contributed by atoms with Crippen LogP contribution in [0.4, 0.5) is 0 Å². The van der Waals surface area contributed by atoms with Gasteiger partial charge in [0.15, 0.2) is 0 Å². The number of rotatable bonds is 2. The molecule has 3 atom stereocenters. The Labute approximate surface area is 135 Å². The second-order valence-corrected chi connectivity index (χ2v) is 6.84. The Hall–Kier alpha value is -0.320. The summed E-state index contributed by atoms with van der Waals surface area (Å²) < 4.78 is 0. The third kappa shape index (κ3) is 4.11. The first-order chi connectivity index (χ1) is 9.74. The minimum atomic E-state index is 0. The van der Waals surface area contributed by atoms with Gasteiger partial charge in [0.2, 0.25) is 5.91 Å². The predicted molar refractivity (Wildman–Crippen MR) is 87.9 cm³/mol. The summed E-state index contributed by atoms with van der Waals surface area (Å²) in [7, 11) is 0. The van der Waals surface area contributed by atoms with Crippen molar-refractivity contribution in [2.75, 3.05) is 26.2 Å². The molecule has 3 heterocycles. The van der Waals surface area contributed by atoms with Crippen LogP contribution in [0.1, 0.15) is 51.9 Å².